The van der Waals surface area contributed by atoms with E-state index in [9.17, 15) is 4.79 Å². The van der Waals surface area contributed by atoms with E-state index in [1.165, 1.54) is 0 Å². The average Bonchev–Trinajstić information content (AvgIpc) is 2.58. The quantitative estimate of drug-likeness (QED) is 0.836. The van der Waals surface area contributed by atoms with Gasteiger partial charge >= 0.3 is 5.97 Å². The fourth-order valence-corrected chi connectivity index (χ4v) is 1.53. The first-order valence-electron chi connectivity index (χ1n) is 5.72. The Morgan fingerprint density at radius 2 is 2.06 bits per heavy atom. The van der Waals surface area contributed by atoms with E-state index in [2.05, 4.69) is 18.9 Å². The van der Waals surface area contributed by atoms with Gasteiger partial charge in [0.1, 0.15) is 5.56 Å². The molecular weight excluding hydrogens is 204 g/mol. The molecule has 0 unspecified atom stereocenters. The van der Waals surface area contributed by atoms with Crippen LogP contribution in [0.25, 0.3) is 0 Å². The van der Waals surface area contributed by atoms with Crippen LogP contribution in [0.3, 0.4) is 0 Å². The van der Waals surface area contributed by atoms with Crippen molar-refractivity contribution in [2.24, 2.45) is 5.92 Å². The number of hydrogen-bond acceptors (Lipinski definition) is 2. The topological polar surface area (TPSA) is 55.1 Å². The zero-order valence-corrected chi connectivity index (χ0v) is 10.4. The molecule has 0 radical (unpaired) electrons. The zero-order chi connectivity index (χ0) is 12.3. The highest BCUT2D eigenvalue weighted by Gasteiger charge is 2.17. The first-order chi connectivity index (χ1) is 7.41. The normalized spacial score (nSPS) is 11.4. The maximum atomic E-state index is 11.0. The highest BCUT2D eigenvalue weighted by atomic mass is 16.4. The Morgan fingerprint density at radius 3 is 2.44 bits per heavy atom. The number of carbonyl (C=O) groups is 1. The monoisotopic (exact) mass is 224 g/mol. The molecule has 16 heavy (non-hydrogen) atoms. The van der Waals surface area contributed by atoms with Crippen LogP contribution in [0.5, 0.6) is 0 Å². The first kappa shape index (κ1) is 12.7. The van der Waals surface area contributed by atoms with E-state index in [0.29, 0.717) is 17.2 Å². The molecule has 0 amide bonds. The van der Waals surface area contributed by atoms with Crippen molar-refractivity contribution in [1.82, 2.24) is 9.78 Å². The summed E-state index contributed by atoms with van der Waals surface area (Å²) in [5.74, 6) is -0.147. The van der Waals surface area contributed by atoms with Crippen molar-refractivity contribution in [2.45, 2.75) is 46.6 Å². The van der Waals surface area contributed by atoms with Crippen LogP contribution in [0.15, 0.2) is 6.20 Å². The minimum atomic E-state index is -0.889. The molecule has 0 aliphatic rings. The molecule has 1 N–H and O–H groups in total. The van der Waals surface area contributed by atoms with Crippen LogP contribution >= 0.6 is 0 Å². The molecule has 1 aromatic rings. The van der Waals surface area contributed by atoms with Gasteiger partial charge in [0.25, 0.3) is 0 Å². The van der Waals surface area contributed by atoms with E-state index in [-0.39, 0.29) is 5.92 Å². The summed E-state index contributed by atoms with van der Waals surface area (Å²) in [7, 11) is 0. The lowest BCUT2D eigenvalue weighted by Crippen LogP contribution is -2.03. The van der Waals surface area contributed by atoms with Gasteiger partial charge in [-0.05, 0) is 18.3 Å². The predicted octanol–water partition coefficient (Wildman–Crippen LogP) is 2.75. The fourth-order valence-electron chi connectivity index (χ4n) is 1.53. The SMILES string of the molecule is CC(C)CCn1cc(C(=O)O)c(C(C)C)n1. The standard InChI is InChI=1S/C12H20N2O2/c1-8(2)5-6-14-7-10(12(15)16)11(13-14)9(3)4/h7-9H,5-6H2,1-4H3,(H,15,16). The van der Waals surface area contributed by atoms with Gasteiger partial charge in [0.15, 0.2) is 0 Å². The molecule has 0 aliphatic carbocycles. The third-order valence-corrected chi connectivity index (χ3v) is 2.50. The van der Waals surface area contributed by atoms with Gasteiger partial charge in [-0.15, -0.1) is 0 Å². The molecule has 4 nitrogen and oxygen atoms in total. The minimum absolute atomic E-state index is 0.145. The number of aromatic carboxylic acids is 1. The average molecular weight is 224 g/mol. The third kappa shape index (κ3) is 3.08. The van der Waals surface area contributed by atoms with Crippen molar-refractivity contribution < 1.29 is 9.90 Å². The summed E-state index contributed by atoms with van der Waals surface area (Å²) in [5.41, 5.74) is 1.01. The summed E-state index contributed by atoms with van der Waals surface area (Å²) in [6, 6.07) is 0. The summed E-state index contributed by atoms with van der Waals surface area (Å²) in [6.45, 7) is 8.99. The smallest absolute Gasteiger partial charge is 0.339 e. The van der Waals surface area contributed by atoms with E-state index in [1.54, 1.807) is 10.9 Å². The van der Waals surface area contributed by atoms with Crippen LogP contribution in [0.4, 0.5) is 0 Å². The Balaban J connectivity index is 2.88. The maximum Gasteiger partial charge on any atom is 0.339 e. The van der Waals surface area contributed by atoms with E-state index in [1.807, 2.05) is 13.8 Å². The predicted molar refractivity (Wildman–Crippen MR) is 62.7 cm³/mol. The number of aromatic nitrogens is 2. The van der Waals surface area contributed by atoms with E-state index >= 15 is 0 Å². The van der Waals surface area contributed by atoms with E-state index in [0.717, 1.165) is 13.0 Å². The van der Waals surface area contributed by atoms with Gasteiger partial charge in [0.2, 0.25) is 0 Å². The van der Waals surface area contributed by atoms with Crippen molar-refractivity contribution in [3.63, 3.8) is 0 Å². The molecular formula is C12H20N2O2. The largest absolute Gasteiger partial charge is 0.478 e. The van der Waals surface area contributed by atoms with E-state index < -0.39 is 5.97 Å². The summed E-state index contributed by atoms with van der Waals surface area (Å²) in [4.78, 5) is 11.0. The molecule has 0 aliphatic heterocycles. The Hall–Kier alpha value is -1.32. The van der Waals surface area contributed by atoms with Gasteiger partial charge in [0, 0.05) is 12.7 Å². The van der Waals surface area contributed by atoms with Crippen LogP contribution in [0.1, 0.15) is 56.1 Å². The maximum absolute atomic E-state index is 11.0. The second-order valence-corrected chi connectivity index (χ2v) is 4.83. The highest BCUT2D eigenvalue weighted by Crippen LogP contribution is 2.18. The number of carboxylic acids is 1. The van der Waals surface area contributed by atoms with Crippen LogP contribution in [0.2, 0.25) is 0 Å². The van der Waals surface area contributed by atoms with Gasteiger partial charge in [-0.2, -0.15) is 5.10 Å². The second kappa shape index (κ2) is 5.14. The zero-order valence-electron chi connectivity index (χ0n) is 10.4. The van der Waals surface area contributed by atoms with Crippen LogP contribution < -0.4 is 0 Å². The molecule has 1 rings (SSSR count). The molecule has 0 bridgehead atoms. The molecule has 0 spiro atoms. The van der Waals surface area contributed by atoms with Crippen molar-refractivity contribution >= 4 is 5.97 Å². The van der Waals surface area contributed by atoms with Crippen LogP contribution in [0, 0.1) is 5.92 Å². The lowest BCUT2D eigenvalue weighted by Gasteiger charge is -2.04. The summed E-state index contributed by atoms with van der Waals surface area (Å²) >= 11 is 0. The first-order valence-corrected chi connectivity index (χ1v) is 5.72. The number of hydrogen-bond donors (Lipinski definition) is 1. The van der Waals surface area contributed by atoms with Crippen molar-refractivity contribution in [2.75, 3.05) is 0 Å². The lowest BCUT2D eigenvalue weighted by atomic mass is 10.1. The number of carboxylic acid groups (broad SMARTS) is 1. The summed E-state index contributed by atoms with van der Waals surface area (Å²) in [5, 5.41) is 13.4. The Morgan fingerprint density at radius 1 is 1.44 bits per heavy atom. The lowest BCUT2D eigenvalue weighted by molar-refractivity contribution is 0.0695. The molecule has 0 aromatic carbocycles. The third-order valence-electron chi connectivity index (χ3n) is 2.50. The molecule has 0 atom stereocenters. The Labute approximate surface area is 96.3 Å². The van der Waals surface area contributed by atoms with Gasteiger partial charge in [0.05, 0.1) is 5.69 Å². The molecule has 0 saturated carbocycles. The summed E-state index contributed by atoms with van der Waals surface area (Å²) in [6.07, 6.45) is 2.65. The molecule has 0 fully saturated rings. The molecule has 1 heterocycles. The van der Waals surface area contributed by atoms with Gasteiger partial charge in [-0.25, -0.2) is 4.79 Å². The minimum Gasteiger partial charge on any atom is -0.478 e. The second-order valence-electron chi connectivity index (χ2n) is 4.83. The molecule has 1 aromatic heterocycles. The number of aryl methyl sites for hydroxylation is 1. The van der Waals surface area contributed by atoms with Gasteiger partial charge in [-0.1, -0.05) is 27.7 Å². The number of rotatable bonds is 5. The van der Waals surface area contributed by atoms with Crippen LogP contribution in [-0.4, -0.2) is 20.9 Å². The molecule has 90 valence electrons. The molecule has 4 heteroatoms. The van der Waals surface area contributed by atoms with Crippen molar-refractivity contribution in [3.05, 3.63) is 17.5 Å². The van der Waals surface area contributed by atoms with Crippen LogP contribution in [-0.2, 0) is 6.54 Å². The number of nitrogens with zero attached hydrogens (tertiary/aromatic N) is 2. The van der Waals surface area contributed by atoms with E-state index in [4.69, 9.17) is 5.11 Å². The van der Waals surface area contributed by atoms with Crippen molar-refractivity contribution in [3.8, 4) is 0 Å². The molecule has 0 saturated heterocycles. The Kier molecular flexibility index (Phi) is 4.10. The Bertz CT molecular complexity index is 367. The fraction of sp³-hybridized carbons (Fsp3) is 0.667. The summed E-state index contributed by atoms with van der Waals surface area (Å²) < 4.78 is 1.75. The highest BCUT2D eigenvalue weighted by molar-refractivity contribution is 5.88. The van der Waals surface area contributed by atoms with Gasteiger partial charge in [-0.3, -0.25) is 4.68 Å². The van der Waals surface area contributed by atoms with Crippen molar-refractivity contribution in [1.29, 1.82) is 0 Å². The van der Waals surface area contributed by atoms with Gasteiger partial charge < -0.3 is 5.11 Å².